The third-order valence-electron chi connectivity index (χ3n) is 9.58. The van der Waals surface area contributed by atoms with E-state index in [0.717, 1.165) is 55.1 Å². The molecule has 0 radical (unpaired) electrons. The predicted molar refractivity (Wildman–Crippen MR) is 209 cm³/mol. The molecule has 244 valence electrons. The molecule has 0 atom stereocenters. The highest BCUT2D eigenvalue weighted by atomic mass is 16.6. The van der Waals surface area contributed by atoms with Crippen LogP contribution in [0.4, 0.5) is 0 Å². The van der Waals surface area contributed by atoms with Gasteiger partial charge in [0.2, 0.25) is 0 Å². The summed E-state index contributed by atoms with van der Waals surface area (Å²) in [5, 5.41) is 4.60. The third kappa shape index (κ3) is 5.32. The molecule has 0 fully saturated rings. The number of rotatable bonds is 5. The zero-order valence-electron chi connectivity index (χ0n) is 27.9. The molecule has 52 heavy (non-hydrogen) atoms. The average Bonchev–Trinajstić information content (AvgIpc) is 3.22. The minimum absolute atomic E-state index is 0.602. The summed E-state index contributed by atoms with van der Waals surface area (Å²) in [6.45, 7) is 0. The van der Waals surface area contributed by atoms with Crippen molar-refractivity contribution in [1.82, 2.24) is 15.0 Å². The summed E-state index contributed by atoms with van der Waals surface area (Å²) in [6.07, 6.45) is 0. The lowest BCUT2D eigenvalue weighted by Crippen LogP contribution is -2.01. The Labute approximate surface area is 300 Å². The molecule has 0 bridgehead atoms. The quantitative estimate of drug-likeness (QED) is 0.183. The minimum atomic E-state index is 0.602. The second-order valence-electron chi connectivity index (χ2n) is 12.8. The Balaban J connectivity index is 1.10. The van der Waals surface area contributed by atoms with Crippen molar-refractivity contribution in [2.24, 2.45) is 0 Å². The fourth-order valence-electron chi connectivity index (χ4n) is 6.98. The van der Waals surface area contributed by atoms with E-state index in [2.05, 4.69) is 133 Å². The SMILES string of the molecule is c1ccc(-c2c(-c3nc(-c4ccc(-c5ccc6c(c5)Oc5ccccc5O6)cc4)nc(-c4ccc5ccccc5c4)n3)ccc3ccccc23)cc1. The summed E-state index contributed by atoms with van der Waals surface area (Å²) in [5.74, 6) is 4.64. The largest absolute Gasteiger partial charge is 0.450 e. The van der Waals surface area contributed by atoms with Crippen LogP contribution in [-0.4, -0.2) is 15.0 Å². The molecule has 0 amide bonds. The summed E-state index contributed by atoms with van der Waals surface area (Å²) < 4.78 is 12.3. The molecule has 0 aliphatic carbocycles. The van der Waals surface area contributed by atoms with Crippen LogP contribution in [0.2, 0.25) is 0 Å². The van der Waals surface area contributed by atoms with Gasteiger partial charge in [0.05, 0.1) is 0 Å². The van der Waals surface area contributed by atoms with Crippen molar-refractivity contribution >= 4 is 21.5 Å². The molecule has 0 saturated heterocycles. The molecule has 1 aliphatic rings. The van der Waals surface area contributed by atoms with Crippen molar-refractivity contribution in [3.05, 3.63) is 176 Å². The molecular formula is C47H29N3O2. The Kier molecular flexibility index (Phi) is 7.07. The lowest BCUT2D eigenvalue weighted by Gasteiger charge is -2.21. The second kappa shape index (κ2) is 12.3. The molecule has 1 aromatic heterocycles. The number of hydrogen-bond donors (Lipinski definition) is 0. The predicted octanol–water partition coefficient (Wildman–Crippen LogP) is 12.4. The summed E-state index contributed by atoms with van der Waals surface area (Å²) in [6, 6.07) is 60.0. The maximum absolute atomic E-state index is 6.19. The standard InChI is InChI=1S/C47H29N3O2/c1-2-12-33(13-3-1)44-38-15-7-6-11-32(38)24-26-39(44)47-49-45(48-46(50-47)37-23-20-30-10-4-5-14-35(30)28-37)34-21-18-31(19-22-34)36-25-27-42-43(29-36)52-41-17-9-8-16-40(41)51-42/h1-29H. The van der Waals surface area contributed by atoms with Gasteiger partial charge in [-0.15, -0.1) is 0 Å². The van der Waals surface area contributed by atoms with Crippen LogP contribution in [0, 0.1) is 0 Å². The monoisotopic (exact) mass is 667 g/mol. The van der Waals surface area contributed by atoms with Gasteiger partial charge in [-0.05, 0) is 74.6 Å². The van der Waals surface area contributed by atoms with Crippen LogP contribution >= 0.6 is 0 Å². The van der Waals surface area contributed by atoms with Crippen molar-refractivity contribution in [3.8, 4) is 79.4 Å². The zero-order chi connectivity index (χ0) is 34.4. The lowest BCUT2D eigenvalue weighted by atomic mass is 9.93. The molecule has 0 spiro atoms. The molecule has 0 N–H and O–H groups in total. The van der Waals surface area contributed by atoms with Gasteiger partial charge in [-0.2, -0.15) is 0 Å². The highest BCUT2D eigenvalue weighted by molar-refractivity contribution is 6.03. The van der Waals surface area contributed by atoms with E-state index in [-0.39, 0.29) is 0 Å². The number of nitrogens with zero attached hydrogens (tertiary/aromatic N) is 3. The average molecular weight is 668 g/mol. The Morgan fingerprint density at radius 2 is 0.865 bits per heavy atom. The first kappa shape index (κ1) is 29.8. The number of hydrogen-bond acceptors (Lipinski definition) is 5. The number of para-hydroxylation sites is 2. The first-order valence-electron chi connectivity index (χ1n) is 17.3. The zero-order valence-corrected chi connectivity index (χ0v) is 27.9. The first-order valence-corrected chi connectivity index (χ1v) is 17.3. The molecule has 10 rings (SSSR count). The van der Waals surface area contributed by atoms with Gasteiger partial charge in [-0.25, -0.2) is 15.0 Å². The fourth-order valence-corrected chi connectivity index (χ4v) is 6.98. The van der Waals surface area contributed by atoms with Gasteiger partial charge < -0.3 is 9.47 Å². The van der Waals surface area contributed by atoms with Crippen molar-refractivity contribution in [2.45, 2.75) is 0 Å². The van der Waals surface area contributed by atoms with Gasteiger partial charge in [0, 0.05) is 22.3 Å². The first-order chi connectivity index (χ1) is 25.7. The molecule has 2 heterocycles. The second-order valence-corrected chi connectivity index (χ2v) is 12.8. The highest BCUT2D eigenvalue weighted by Gasteiger charge is 2.20. The third-order valence-corrected chi connectivity index (χ3v) is 9.58. The van der Waals surface area contributed by atoms with Gasteiger partial charge in [0.25, 0.3) is 0 Å². The Hall–Kier alpha value is -7.11. The summed E-state index contributed by atoms with van der Waals surface area (Å²) >= 11 is 0. The van der Waals surface area contributed by atoms with E-state index in [4.69, 9.17) is 24.4 Å². The minimum Gasteiger partial charge on any atom is -0.450 e. The van der Waals surface area contributed by atoms with Crippen molar-refractivity contribution in [1.29, 1.82) is 0 Å². The molecule has 9 aromatic rings. The van der Waals surface area contributed by atoms with Crippen LogP contribution in [0.5, 0.6) is 23.0 Å². The smallest absolute Gasteiger partial charge is 0.170 e. The molecule has 5 heteroatoms. The van der Waals surface area contributed by atoms with Gasteiger partial charge in [0.15, 0.2) is 40.5 Å². The van der Waals surface area contributed by atoms with Crippen molar-refractivity contribution in [3.63, 3.8) is 0 Å². The van der Waals surface area contributed by atoms with Crippen LogP contribution in [0.1, 0.15) is 0 Å². The van der Waals surface area contributed by atoms with E-state index in [9.17, 15) is 0 Å². The van der Waals surface area contributed by atoms with E-state index in [1.54, 1.807) is 0 Å². The maximum atomic E-state index is 6.19. The van der Waals surface area contributed by atoms with Crippen molar-refractivity contribution in [2.75, 3.05) is 0 Å². The van der Waals surface area contributed by atoms with Crippen LogP contribution in [-0.2, 0) is 0 Å². The number of benzene rings is 8. The van der Waals surface area contributed by atoms with Crippen molar-refractivity contribution < 1.29 is 9.47 Å². The highest BCUT2D eigenvalue weighted by Crippen LogP contribution is 2.46. The molecule has 5 nitrogen and oxygen atoms in total. The van der Waals surface area contributed by atoms with Crippen LogP contribution in [0.25, 0.3) is 78.0 Å². The van der Waals surface area contributed by atoms with Gasteiger partial charge in [-0.3, -0.25) is 0 Å². The van der Waals surface area contributed by atoms with Crippen LogP contribution in [0.3, 0.4) is 0 Å². The topological polar surface area (TPSA) is 57.1 Å². The van der Waals surface area contributed by atoms with E-state index in [1.165, 1.54) is 5.39 Å². The molecule has 0 unspecified atom stereocenters. The van der Waals surface area contributed by atoms with Crippen LogP contribution in [0.15, 0.2) is 176 Å². The number of ether oxygens (including phenoxy) is 2. The number of aromatic nitrogens is 3. The Morgan fingerprint density at radius 3 is 1.67 bits per heavy atom. The molecule has 8 aromatic carbocycles. The van der Waals surface area contributed by atoms with E-state index < -0.39 is 0 Å². The fraction of sp³-hybridized carbons (Fsp3) is 0. The Bertz CT molecular complexity index is 2800. The molecule has 0 saturated carbocycles. The van der Waals surface area contributed by atoms with Gasteiger partial charge >= 0.3 is 0 Å². The van der Waals surface area contributed by atoms with Crippen LogP contribution < -0.4 is 9.47 Å². The van der Waals surface area contributed by atoms with Gasteiger partial charge in [0.1, 0.15) is 0 Å². The van der Waals surface area contributed by atoms with E-state index >= 15 is 0 Å². The summed E-state index contributed by atoms with van der Waals surface area (Å²) in [7, 11) is 0. The normalized spacial score (nSPS) is 11.8. The number of fused-ring (bicyclic) bond motifs is 4. The lowest BCUT2D eigenvalue weighted by molar-refractivity contribution is 0.360. The molecular weight excluding hydrogens is 639 g/mol. The van der Waals surface area contributed by atoms with E-state index in [0.29, 0.717) is 40.5 Å². The van der Waals surface area contributed by atoms with Gasteiger partial charge in [-0.1, -0.05) is 140 Å². The summed E-state index contributed by atoms with van der Waals surface area (Å²) in [4.78, 5) is 15.4. The molecule has 1 aliphatic heterocycles. The maximum Gasteiger partial charge on any atom is 0.170 e. The summed E-state index contributed by atoms with van der Waals surface area (Å²) in [5.41, 5.74) is 7.03. The Morgan fingerprint density at radius 1 is 0.308 bits per heavy atom. The van der Waals surface area contributed by atoms with E-state index in [1.807, 2.05) is 42.5 Å².